The molecule has 2 N–H and O–H groups in total. The van der Waals surface area contributed by atoms with Crippen molar-refractivity contribution in [2.75, 3.05) is 20.1 Å². The number of aromatic nitrogens is 3. The number of aromatic hydroxyl groups is 1. The molecule has 0 spiro atoms. The number of rotatable bonds is 6. The Hall–Kier alpha value is -1.92. The van der Waals surface area contributed by atoms with Gasteiger partial charge in [-0.3, -0.25) is 9.58 Å². The van der Waals surface area contributed by atoms with Crippen molar-refractivity contribution in [2.24, 2.45) is 5.92 Å². The van der Waals surface area contributed by atoms with Crippen LogP contribution < -0.4 is 5.32 Å². The maximum atomic E-state index is 9.53. The van der Waals surface area contributed by atoms with Gasteiger partial charge in [0.1, 0.15) is 5.75 Å². The molecule has 1 aromatic carbocycles. The van der Waals surface area contributed by atoms with Crippen molar-refractivity contribution in [2.45, 2.75) is 32.5 Å². The van der Waals surface area contributed by atoms with E-state index in [2.05, 4.69) is 20.5 Å². The topological polar surface area (TPSA) is 66.2 Å². The molecule has 0 unspecified atom stereocenters. The molecule has 6 nitrogen and oxygen atoms in total. The number of hydrogen-bond acceptors (Lipinski definition) is 5. The van der Waals surface area contributed by atoms with E-state index in [0.717, 1.165) is 44.0 Å². The fourth-order valence-corrected chi connectivity index (χ4v) is 3.14. The zero-order valence-corrected chi connectivity index (χ0v) is 13.6. The molecule has 0 bridgehead atoms. The molecule has 1 aliphatic heterocycles. The van der Waals surface area contributed by atoms with E-state index < -0.39 is 0 Å². The summed E-state index contributed by atoms with van der Waals surface area (Å²) in [6, 6.07) is 7.37. The van der Waals surface area contributed by atoms with Crippen molar-refractivity contribution in [1.82, 2.24) is 25.2 Å². The van der Waals surface area contributed by atoms with Gasteiger partial charge in [-0.1, -0.05) is 17.3 Å². The zero-order valence-electron chi connectivity index (χ0n) is 13.6. The van der Waals surface area contributed by atoms with Crippen molar-refractivity contribution >= 4 is 0 Å². The Morgan fingerprint density at radius 1 is 1.39 bits per heavy atom. The minimum Gasteiger partial charge on any atom is -0.508 e. The van der Waals surface area contributed by atoms with E-state index >= 15 is 0 Å². The molecule has 0 amide bonds. The first kappa shape index (κ1) is 16.0. The van der Waals surface area contributed by atoms with Crippen molar-refractivity contribution in [3.05, 3.63) is 41.7 Å². The summed E-state index contributed by atoms with van der Waals surface area (Å²) in [5.74, 6) is 0.964. The molecule has 2 heterocycles. The summed E-state index contributed by atoms with van der Waals surface area (Å²) in [7, 11) is 2.05. The third-order valence-electron chi connectivity index (χ3n) is 4.23. The van der Waals surface area contributed by atoms with E-state index in [-0.39, 0.29) is 0 Å². The van der Waals surface area contributed by atoms with Gasteiger partial charge in [-0.2, -0.15) is 0 Å². The van der Waals surface area contributed by atoms with Crippen molar-refractivity contribution < 1.29 is 5.11 Å². The van der Waals surface area contributed by atoms with E-state index in [1.54, 1.807) is 12.1 Å². The Balaban J connectivity index is 1.51. The lowest BCUT2D eigenvalue weighted by Crippen LogP contribution is -2.32. The molecule has 1 aromatic heterocycles. The predicted octanol–water partition coefficient (Wildman–Crippen LogP) is 1.62. The summed E-state index contributed by atoms with van der Waals surface area (Å²) in [6.45, 7) is 4.67. The van der Waals surface area contributed by atoms with Crippen LogP contribution in [0.15, 0.2) is 30.5 Å². The Kier molecular flexibility index (Phi) is 5.25. The van der Waals surface area contributed by atoms with Crippen LogP contribution in [0.2, 0.25) is 0 Å². The lowest BCUT2D eigenvalue weighted by Gasteiger charge is -2.22. The van der Waals surface area contributed by atoms with Crippen LogP contribution in [0.5, 0.6) is 5.75 Å². The molecule has 3 rings (SSSR count). The molecule has 1 fully saturated rings. The van der Waals surface area contributed by atoms with Gasteiger partial charge in [0.15, 0.2) is 0 Å². The van der Waals surface area contributed by atoms with Crippen LogP contribution in [0.1, 0.15) is 24.1 Å². The second-order valence-corrected chi connectivity index (χ2v) is 6.49. The van der Waals surface area contributed by atoms with Crippen molar-refractivity contribution in [3.63, 3.8) is 0 Å². The van der Waals surface area contributed by atoms with Crippen LogP contribution >= 0.6 is 0 Å². The highest BCUT2D eigenvalue weighted by molar-refractivity contribution is 5.26. The summed E-state index contributed by atoms with van der Waals surface area (Å²) >= 11 is 0. The van der Waals surface area contributed by atoms with Gasteiger partial charge in [-0.25, -0.2) is 0 Å². The molecular formula is C17H25N5O. The second-order valence-electron chi connectivity index (χ2n) is 6.49. The van der Waals surface area contributed by atoms with Gasteiger partial charge in [-0.05, 0) is 56.6 Å². The lowest BCUT2D eigenvalue weighted by atomic mass is 10.00. The van der Waals surface area contributed by atoms with Crippen molar-refractivity contribution in [3.8, 4) is 5.75 Å². The van der Waals surface area contributed by atoms with Gasteiger partial charge in [0.2, 0.25) is 0 Å². The van der Waals surface area contributed by atoms with Crippen LogP contribution in [0.25, 0.3) is 0 Å². The number of benzene rings is 1. The molecule has 0 saturated carbocycles. The first-order chi connectivity index (χ1) is 11.2. The highest BCUT2D eigenvalue weighted by atomic mass is 16.3. The fourth-order valence-electron chi connectivity index (χ4n) is 3.14. The fraction of sp³-hybridized carbons (Fsp3) is 0.529. The average molecular weight is 315 g/mol. The zero-order chi connectivity index (χ0) is 16.1. The minimum atomic E-state index is 0.308. The number of nitrogens with one attached hydrogen (secondary N) is 1. The SMILES string of the molecule is CN(Cc1cccc(O)c1)Cc1cn(C[C@H]2CCCNC2)nn1. The van der Waals surface area contributed by atoms with Gasteiger partial charge in [0.05, 0.1) is 5.69 Å². The Morgan fingerprint density at radius 2 is 2.30 bits per heavy atom. The molecular weight excluding hydrogens is 290 g/mol. The molecule has 0 radical (unpaired) electrons. The van der Waals surface area contributed by atoms with E-state index in [1.807, 2.05) is 30.1 Å². The van der Waals surface area contributed by atoms with E-state index in [1.165, 1.54) is 12.8 Å². The van der Waals surface area contributed by atoms with Gasteiger partial charge in [-0.15, -0.1) is 5.10 Å². The second kappa shape index (κ2) is 7.57. The Labute approximate surface area is 137 Å². The molecule has 6 heteroatoms. The molecule has 124 valence electrons. The van der Waals surface area contributed by atoms with Crippen LogP contribution in [-0.2, 0) is 19.6 Å². The standard InChI is InChI=1S/C17H25N5O/c1-21(10-14-4-2-6-17(23)8-14)12-16-13-22(20-19-16)11-15-5-3-7-18-9-15/h2,4,6,8,13,15,18,23H,3,5,7,9-12H2,1H3/t15-/m0/s1. The molecule has 1 aliphatic rings. The third kappa shape index (κ3) is 4.77. The summed E-state index contributed by atoms with van der Waals surface area (Å²) in [5, 5.41) is 21.5. The number of piperidine rings is 1. The van der Waals surface area contributed by atoms with E-state index in [4.69, 9.17) is 0 Å². The quantitative estimate of drug-likeness (QED) is 0.848. The van der Waals surface area contributed by atoms with E-state index in [9.17, 15) is 5.11 Å². The first-order valence-corrected chi connectivity index (χ1v) is 8.25. The Morgan fingerprint density at radius 3 is 3.09 bits per heavy atom. The van der Waals surface area contributed by atoms with Crippen LogP contribution in [0.4, 0.5) is 0 Å². The number of nitrogens with zero attached hydrogens (tertiary/aromatic N) is 4. The number of hydrogen-bond donors (Lipinski definition) is 2. The highest BCUT2D eigenvalue weighted by Crippen LogP contribution is 2.14. The van der Waals surface area contributed by atoms with Crippen LogP contribution in [0, 0.1) is 5.92 Å². The van der Waals surface area contributed by atoms with Gasteiger partial charge < -0.3 is 10.4 Å². The van der Waals surface area contributed by atoms with Crippen LogP contribution in [0.3, 0.4) is 0 Å². The van der Waals surface area contributed by atoms with Gasteiger partial charge in [0.25, 0.3) is 0 Å². The normalized spacial score (nSPS) is 18.4. The molecule has 23 heavy (non-hydrogen) atoms. The highest BCUT2D eigenvalue weighted by Gasteiger charge is 2.14. The predicted molar refractivity (Wildman–Crippen MR) is 88.9 cm³/mol. The van der Waals surface area contributed by atoms with Crippen LogP contribution in [-0.4, -0.2) is 45.1 Å². The number of phenols is 1. The van der Waals surface area contributed by atoms with E-state index in [0.29, 0.717) is 11.7 Å². The van der Waals surface area contributed by atoms with Crippen molar-refractivity contribution in [1.29, 1.82) is 0 Å². The largest absolute Gasteiger partial charge is 0.508 e. The minimum absolute atomic E-state index is 0.308. The maximum Gasteiger partial charge on any atom is 0.115 e. The third-order valence-corrected chi connectivity index (χ3v) is 4.23. The summed E-state index contributed by atoms with van der Waals surface area (Å²) < 4.78 is 1.97. The summed E-state index contributed by atoms with van der Waals surface area (Å²) in [6.07, 6.45) is 4.56. The summed E-state index contributed by atoms with van der Waals surface area (Å²) in [5.41, 5.74) is 2.07. The Bertz CT molecular complexity index is 621. The monoisotopic (exact) mass is 315 g/mol. The molecule has 1 atom stereocenters. The van der Waals surface area contributed by atoms with Gasteiger partial charge in [0, 0.05) is 25.8 Å². The number of phenolic OH excluding ortho intramolecular Hbond substituents is 1. The van der Waals surface area contributed by atoms with Gasteiger partial charge >= 0.3 is 0 Å². The lowest BCUT2D eigenvalue weighted by molar-refractivity contribution is 0.314. The summed E-state index contributed by atoms with van der Waals surface area (Å²) in [4.78, 5) is 2.17. The average Bonchev–Trinajstić information content (AvgIpc) is 2.95. The smallest absolute Gasteiger partial charge is 0.115 e. The maximum absolute atomic E-state index is 9.53. The first-order valence-electron chi connectivity index (χ1n) is 8.25. The molecule has 2 aromatic rings. The molecule has 0 aliphatic carbocycles. The molecule has 1 saturated heterocycles.